The van der Waals surface area contributed by atoms with E-state index in [1.165, 1.54) is 0 Å². The van der Waals surface area contributed by atoms with E-state index in [0.29, 0.717) is 22.5 Å². The van der Waals surface area contributed by atoms with Crippen molar-refractivity contribution >= 4 is 21.4 Å². The number of aliphatic hydroxyl groups excluding tert-OH is 1. The molecule has 1 saturated heterocycles. The Morgan fingerprint density at radius 2 is 1.82 bits per heavy atom. The van der Waals surface area contributed by atoms with Crippen LogP contribution in [-0.4, -0.2) is 60.9 Å². The molecule has 0 bridgehead atoms. The number of hydrogen-bond donors (Lipinski definition) is 2. The lowest BCUT2D eigenvalue weighted by atomic mass is 10.0. The van der Waals surface area contributed by atoms with Crippen molar-refractivity contribution in [2.24, 2.45) is 5.92 Å². The predicted octanol–water partition coefficient (Wildman–Crippen LogP) is 4.16. The second kappa shape index (κ2) is 10.7. The van der Waals surface area contributed by atoms with Gasteiger partial charge in [-0.05, 0) is 18.1 Å². The number of aliphatic hydroxyl groups is 2. The summed E-state index contributed by atoms with van der Waals surface area (Å²) in [5, 5.41) is 20.9. The van der Waals surface area contributed by atoms with Crippen LogP contribution in [0.1, 0.15) is 19.4 Å². The van der Waals surface area contributed by atoms with Crippen LogP contribution in [0.25, 0.3) is 9.69 Å². The number of nitrogens with zero attached hydrogens (tertiary/aromatic N) is 3. The van der Waals surface area contributed by atoms with Crippen LogP contribution in [0.4, 0.5) is 28.9 Å². The van der Waals surface area contributed by atoms with Gasteiger partial charge in [0.2, 0.25) is 21.4 Å². The average Bonchev–Trinajstić information content (AvgIpc) is 3.19. The van der Waals surface area contributed by atoms with E-state index in [1.807, 2.05) is 13.8 Å². The normalized spacial score (nSPS) is 20.2. The summed E-state index contributed by atoms with van der Waals surface area (Å²) < 4.78 is 92.1. The quantitative estimate of drug-likeness (QED) is 0.373. The van der Waals surface area contributed by atoms with Gasteiger partial charge < -0.3 is 19.7 Å². The van der Waals surface area contributed by atoms with E-state index in [1.54, 1.807) is 0 Å². The predicted molar refractivity (Wildman–Crippen MR) is 126 cm³/mol. The van der Waals surface area contributed by atoms with Crippen LogP contribution in [0.15, 0.2) is 35.2 Å². The van der Waals surface area contributed by atoms with Crippen LogP contribution in [-0.2, 0) is 16.2 Å². The second-order valence-corrected chi connectivity index (χ2v) is 10.9. The molecule has 1 aliphatic rings. The molecule has 204 valence electrons. The number of halogens is 4. The molecule has 3 rings (SSSR count). The van der Waals surface area contributed by atoms with E-state index in [4.69, 9.17) is 22.6 Å². The van der Waals surface area contributed by atoms with Crippen molar-refractivity contribution in [2.75, 3.05) is 26.3 Å². The second-order valence-electron chi connectivity index (χ2n) is 9.02. The number of β-amino-alcohol motifs (C(OH)–C–C–N with tert-alkyl or cyclic N) is 1. The van der Waals surface area contributed by atoms with Crippen molar-refractivity contribution in [3.63, 3.8) is 0 Å². The van der Waals surface area contributed by atoms with Crippen LogP contribution in [0.3, 0.4) is 0 Å². The zero-order chi connectivity index (χ0) is 28.5. The Bertz CT molecular complexity index is 1400. The zero-order valence-corrected chi connectivity index (χ0v) is 21.0. The Morgan fingerprint density at radius 1 is 1.16 bits per heavy atom. The molecule has 0 saturated carbocycles. The van der Waals surface area contributed by atoms with E-state index < -0.39 is 69.6 Å². The molecule has 0 amide bonds. The molecule has 1 aliphatic heterocycles. The first-order chi connectivity index (χ1) is 17.7. The molecule has 2 atom stereocenters. The molecule has 2 aromatic rings. The van der Waals surface area contributed by atoms with Crippen LogP contribution < -0.4 is 9.47 Å². The van der Waals surface area contributed by atoms with E-state index in [-0.39, 0.29) is 29.7 Å². The van der Waals surface area contributed by atoms with Gasteiger partial charge in [0.1, 0.15) is 17.5 Å². The van der Waals surface area contributed by atoms with Gasteiger partial charge in [0.05, 0.1) is 37.8 Å². The number of benzene rings is 2. The van der Waals surface area contributed by atoms with Crippen LogP contribution in [0.5, 0.6) is 11.5 Å². The highest BCUT2D eigenvalue weighted by Crippen LogP contribution is 2.40. The minimum atomic E-state index is -4.81. The zero-order valence-electron chi connectivity index (χ0n) is 20.2. The van der Waals surface area contributed by atoms with Crippen LogP contribution in [0, 0.1) is 24.9 Å². The smallest absolute Gasteiger partial charge is 0.415 e. The fourth-order valence-corrected chi connectivity index (χ4v) is 5.28. The number of rotatable bonds is 8. The topological polar surface area (TPSA) is 105 Å². The molecular formula is C24H23F4N3O6S. The van der Waals surface area contributed by atoms with Gasteiger partial charge >= 0.3 is 6.18 Å². The third kappa shape index (κ3) is 5.84. The first-order valence-corrected chi connectivity index (χ1v) is 12.5. The van der Waals surface area contributed by atoms with Gasteiger partial charge in [-0.25, -0.2) is 22.5 Å². The molecule has 1 fully saturated rings. The third-order valence-corrected chi connectivity index (χ3v) is 7.55. The summed E-state index contributed by atoms with van der Waals surface area (Å²) in [6.45, 7) is 15.8. The van der Waals surface area contributed by atoms with Crippen molar-refractivity contribution < 1.29 is 45.7 Å². The minimum absolute atomic E-state index is 0.0335. The molecule has 14 heteroatoms. The van der Waals surface area contributed by atoms with Crippen molar-refractivity contribution in [3.8, 4) is 11.5 Å². The van der Waals surface area contributed by atoms with Crippen molar-refractivity contribution in [2.45, 2.75) is 36.6 Å². The molecule has 2 aromatic carbocycles. The van der Waals surface area contributed by atoms with Gasteiger partial charge in [-0.15, -0.1) is 0 Å². The lowest BCUT2D eigenvalue weighted by Crippen LogP contribution is -2.48. The first kappa shape index (κ1) is 29.1. The Morgan fingerprint density at radius 3 is 2.37 bits per heavy atom. The lowest BCUT2D eigenvalue weighted by Gasteiger charge is -2.28. The number of ether oxygens (including phenoxy) is 2. The Hall–Kier alpha value is -3.43. The van der Waals surface area contributed by atoms with Gasteiger partial charge in [-0.1, -0.05) is 26.0 Å². The fourth-order valence-electron chi connectivity index (χ4n) is 3.67. The maximum Gasteiger partial charge on any atom is 0.415 e. The largest absolute Gasteiger partial charge is 0.491 e. The summed E-state index contributed by atoms with van der Waals surface area (Å²) in [7, 11) is -4.64. The Balaban J connectivity index is 1.98. The molecule has 38 heavy (non-hydrogen) atoms. The molecule has 0 radical (unpaired) electrons. The van der Waals surface area contributed by atoms with Gasteiger partial charge in [-0.2, -0.15) is 17.5 Å². The number of hydrogen-bond acceptors (Lipinski definition) is 6. The summed E-state index contributed by atoms with van der Waals surface area (Å²) in [6.07, 6.45) is -6.29. The molecule has 2 N–H and O–H groups in total. The van der Waals surface area contributed by atoms with Gasteiger partial charge in [0, 0.05) is 18.2 Å². The Kier molecular flexibility index (Phi) is 8.24. The number of alkyl halides is 3. The van der Waals surface area contributed by atoms with E-state index in [9.17, 15) is 36.2 Å². The molecule has 0 aliphatic carbocycles. The van der Waals surface area contributed by atoms with Gasteiger partial charge in [-0.3, -0.25) is 0 Å². The summed E-state index contributed by atoms with van der Waals surface area (Å²) in [5.74, 6) is -1.24. The SMILES string of the molecule is [C-]#[N+]c1cc(OCC(C)C)c(O[C@H]2CN(S(=O)(=O)c3ccc(C(F)(F)F)cc3[N+]#[C-])C[C@@]2(O)CO)cc1F. The molecule has 0 aromatic heterocycles. The van der Waals surface area contributed by atoms with Crippen molar-refractivity contribution in [1.29, 1.82) is 0 Å². The summed E-state index contributed by atoms with van der Waals surface area (Å²) in [6, 6.07) is 3.50. The van der Waals surface area contributed by atoms with E-state index in [0.717, 1.165) is 12.1 Å². The van der Waals surface area contributed by atoms with Crippen molar-refractivity contribution in [1.82, 2.24) is 4.31 Å². The first-order valence-electron chi connectivity index (χ1n) is 11.1. The van der Waals surface area contributed by atoms with E-state index in [2.05, 4.69) is 9.69 Å². The average molecular weight is 558 g/mol. The van der Waals surface area contributed by atoms with Crippen LogP contribution >= 0.6 is 0 Å². The fraction of sp³-hybridized carbons (Fsp3) is 0.417. The summed E-state index contributed by atoms with van der Waals surface area (Å²) in [5.41, 5.74) is -4.56. The highest BCUT2D eigenvalue weighted by atomic mass is 32.2. The third-order valence-electron chi connectivity index (χ3n) is 5.69. The highest BCUT2D eigenvalue weighted by Gasteiger charge is 2.51. The van der Waals surface area contributed by atoms with Crippen molar-refractivity contribution in [3.05, 3.63) is 64.5 Å². The molecular weight excluding hydrogens is 534 g/mol. The summed E-state index contributed by atoms with van der Waals surface area (Å²) in [4.78, 5) is 5.25. The Labute approximate surface area is 216 Å². The lowest BCUT2D eigenvalue weighted by molar-refractivity contribution is -0.137. The monoisotopic (exact) mass is 557 g/mol. The van der Waals surface area contributed by atoms with Crippen LogP contribution in [0.2, 0.25) is 0 Å². The summed E-state index contributed by atoms with van der Waals surface area (Å²) >= 11 is 0. The molecule has 9 nitrogen and oxygen atoms in total. The molecule has 0 unspecified atom stereocenters. The minimum Gasteiger partial charge on any atom is -0.491 e. The van der Waals surface area contributed by atoms with Gasteiger partial charge in [0.25, 0.3) is 0 Å². The van der Waals surface area contributed by atoms with E-state index >= 15 is 0 Å². The maximum atomic E-state index is 14.4. The number of sulfonamides is 1. The molecule has 1 heterocycles. The standard InChI is InChI=1S/C24H23F4N3O6S/c1-14(2)11-36-19-9-17(29-3)16(25)8-20(19)37-22-10-31(12-23(22,33)13-32)38(34,35)21-6-5-15(24(26,27)28)7-18(21)30-4/h5-9,14,22,32-33H,10-13H2,1-2H3/t22-,23+/m0/s1. The maximum absolute atomic E-state index is 14.4. The van der Waals surface area contributed by atoms with Gasteiger partial charge in [0.15, 0.2) is 11.5 Å². The molecule has 0 spiro atoms. The highest BCUT2D eigenvalue weighted by molar-refractivity contribution is 7.89.